The van der Waals surface area contributed by atoms with Crippen molar-refractivity contribution >= 4 is 29.9 Å². The summed E-state index contributed by atoms with van der Waals surface area (Å²) in [5.74, 6) is 1.87. The summed E-state index contributed by atoms with van der Waals surface area (Å²) in [6.07, 6.45) is 1.12. The largest absolute Gasteiger partial charge is 0.488 e. The fourth-order valence-corrected chi connectivity index (χ4v) is 2.73. The van der Waals surface area contributed by atoms with Gasteiger partial charge in [-0.2, -0.15) is 0 Å². The molecule has 23 heavy (non-hydrogen) atoms. The Hall–Kier alpha value is -1.02. The van der Waals surface area contributed by atoms with Crippen molar-refractivity contribution in [1.29, 1.82) is 0 Å². The molecule has 1 aromatic carbocycles. The third kappa shape index (κ3) is 4.73. The smallest absolute Gasteiger partial charge is 0.191 e. The lowest BCUT2D eigenvalue weighted by atomic mass is 9.89. The zero-order valence-corrected chi connectivity index (χ0v) is 16.1. The van der Waals surface area contributed by atoms with Crippen molar-refractivity contribution in [1.82, 2.24) is 10.6 Å². The van der Waals surface area contributed by atoms with Gasteiger partial charge in [-0.15, -0.1) is 24.0 Å². The molecule has 3 rings (SSSR count). The summed E-state index contributed by atoms with van der Waals surface area (Å²) >= 11 is 0. The van der Waals surface area contributed by atoms with Crippen molar-refractivity contribution in [2.24, 2.45) is 10.4 Å². The topological polar surface area (TPSA) is 54.9 Å². The van der Waals surface area contributed by atoms with Gasteiger partial charge in [0.05, 0.1) is 26.3 Å². The predicted molar refractivity (Wildman–Crippen MR) is 103 cm³/mol. The Labute approximate surface area is 155 Å². The number of nitrogens with zero attached hydrogens (tertiary/aromatic N) is 1. The molecule has 2 aliphatic rings. The predicted octanol–water partition coefficient (Wildman–Crippen LogP) is 2.20. The average Bonchev–Trinajstić information content (AvgIpc) is 2.91. The molecule has 128 valence electrons. The number of hydrogen-bond acceptors (Lipinski definition) is 3. The molecule has 0 amide bonds. The molecule has 0 radical (unpaired) electrons. The van der Waals surface area contributed by atoms with Crippen molar-refractivity contribution < 1.29 is 9.47 Å². The minimum atomic E-state index is 0. The van der Waals surface area contributed by atoms with Gasteiger partial charge in [0, 0.05) is 18.4 Å². The zero-order valence-electron chi connectivity index (χ0n) is 13.8. The van der Waals surface area contributed by atoms with Crippen LogP contribution >= 0.6 is 24.0 Å². The summed E-state index contributed by atoms with van der Waals surface area (Å²) in [6.45, 7) is 8.29. The second-order valence-electron chi connectivity index (χ2n) is 6.43. The van der Waals surface area contributed by atoms with E-state index in [-0.39, 0.29) is 35.5 Å². The highest BCUT2D eigenvalue weighted by Crippen LogP contribution is 2.28. The molecule has 0 bridgehead atoms. The highest BCUT2D eigenvalue weighted by Gasteiger charge is 2.33. The summed E-state index contributed by atoms with van der Waals surface area (Å²) in [5, 5.41) is 6.68. The van der Waals surface area contributed by atoms with Gasteiger partial charge in [-0.05, 0) is 18.6 Å². The molecule has 1 fully saturated rings. The molecule has 1 aromatic rings. The molecule has 1 unspecified atom stereocenters. The van der Waals surface area contributed by atoms with Crippen molar-refractivity contribution in [3.63, 3.8) is 0 Å². The third-order valence-electron chi connectivity index (χ3n) is 4.08. The van der Waals surface area contributed by atoms with E-state index in [0.29, 0.717) is 0 Å². The Morgan fingerprint density at radius 1 is 1.30 bits per heavy atom. The number of halogens is 1. The van der Waals surface area contributed by atoms with Gasteiger partial charge in [-0.3, -0.25) is 4.99 Å². The van der Waals surface area contributed by atoms with E-state index in [1.807, 2.05) is 12.1 Å². The van der Waals surface area contributed by atoms with Gasteiger partial charge in [0.1, 0.15) is 11.9 Å². The Bertz CT molecular complexity index is 521. The molecular weight excluding hydrogens is 405 g/mol. The van der Waals surface area contributed by atoms with Crippen LogP contribution in [0.15, 0.2) is 29.3 Å². The van der Waals surface area contributed by atoms with Gasteiger partial charge in [-0.1, -0.05) is 25.1 Å². The zero-order chi connectivity index (χ0) is 15.4. The van der Waals surface area contributed by atoms with Gasteiger partial charge in [0.2, 0.25) is 0 Å². The molecule has 5 nitrogen and oxygen atoms in total. The first-order valence-electron chi connectivity index (χ1n) is 8.03. The molecule has 2 heterocycles. The molecule has 0 spiro atoms. The lowest BCUT2D eigenvalue weighted by Gasteiger charge is -2.36. The summed E-state index contributed by atoms with van der Waals surface area (Å²) in [5.41, 5.74) is 1.48. The maximum absolute atomic E-state index is 5.95. The molecular formula is C17H26IN3O2. The fourth-order valence-electron chi connectivity index (χ4n) is 2.73. The van der Waals surface area contributed by atoms with Crippen LogP contribution in [0.4, 0.5) is 0 Å². The van der Waals surface area contributed by atoms with E-state index in [9.17, 15) is 0 Å². The lowest BCUT2D eigenvalue weighted by molar-refractivity contribution is -0.0945. The van der Waals surface area contributed by atoms with Crippen molar-refractivity contribution in [2.75, 3.05) is 32.8 Å². The molecule has 0 aliphatic carbocycles. The Morgan fingerprint density at radius 2 is 2.09 bits per heavy atom. The number of hydrogen-bond donors (Lipinski definition) is 2. The molecule has 2 aliphatic heterocycles. The van der Waals surface area contributed by atoms with E-state index < -0.39 is 0 Å². The van der Waals surface area contributed by atoms with E-state index in [2.05, 4.69) is 41.6 Å². The fraction of sp³-hybridized carbons (Fsp3) is 0.588. The van der Waals surface area contributed by atoms with Crippen LogP contribution in [-0.2, 0) is 11.2 Å². The number of guanidine groups is 1. The number of ether oxygens (including phenoxy) is 2. The molecule has 0 aromatic heterocycles. The van der Waals surface area contributed by atoms with E-state index in [4.69, 9.17) is 9.47 Å². The molecule has 1 saturated heterocycles. The Morgan fingerprint density at radius 3 is 2.74 bits per heavy atom. The second kappa shape index (κ2) is 8.19. The Balaban J connectivity index is 0.00000192. The van der Waals surface area contributed by atoms with E-state index in [1.54, 1.807) is 0 Å². The van der Waals surface area contributed by atoms with Gasteiger partial charge < -0.3 is 20.1 Å². The van der Waals surface area contributed by atoms with Crippen LogP contribution in [0.2, 0.25) is 0 Å². The van der Waals surface area contributed by atoms with Crippen LogP contribution in [0, 0.1) is 5.41 Å². The normalized spacial score (nSPS) is 21.5. The van der Waals surface area contributed by atoms with Crippen molar-refractivity contribution in [2.45, 2.75) is 26.4 Å². The highest BCUT2D eigenvalue weighted by atomic mass is 127. The number of aliphatic imine (C=N–C) groups is 1. The number of benzene rings is 1. The van der Waals surface area contributed by atoms with Gasteiger partial charge in [-0.25, -0.2) is 0 Å². The van der Waals surface area contributed by atoms with Crippen LogP contribution in [-0.4, -0.2) is 44.9 Å². The van der Waals surface area contributed by atoms with E-state index in [1.165, 1.54) is 5.56 Å². The first kappa shape index (κ1) is 18.3. The maximum atomic E-state index is 5.95. The number of fused-ring (bicyclic) bond motifs is 1. The second-order valence-corrected chi connectivity index (χ2v) is 6.43. The summed E-state index contributed by atoms with van der Waals surface area (Å²) in [6, 6.07) is 8.24. The maximum Gasteiger partial charge on any atom is 0.191 e. The molecule has 2 N–H and O–H groups in total. The first-order valence-corrected chi connectivity index (χ1v) is 8.03. The number of para-hydroxylation sites is 1. The van der Waals surface area contributed by atoms with Gasteiger partial charge >= 0.3 is 0 Å². The minimum absolute atomic E-state index is 0. The van der Waals surface area contributed by atoms with E-state index >= 15 is 0 Å². The average molecular weight is 431 g/mol. The first-order chi connectivity index (χ1) is 10.7. The van der Waals surface area contributed by atoms with Crippen LogP contribution in [0.25, 0.3) is 0 Å². The van der Waals surface area contributed by atoms with Gasteiger partial charge in [0.25, 0.3) is 0 Å². The molecule has 0 saturated carbocycles. The van der Waals surface area contributed by atoms with Crippen molar-refractivity contribution in [3.8, 4) is 5.75 Å². The van der Waals surface area contributed by atoms with Crippen LogP contribution in [0.1, 0.15) is 19.4 Å². The Kier molecular flexibility index (Phi) is 6.52. The quantitative estimate of drug-likeness (QED) is 0.427. The lowest BCUT2D eigenvalue weighted by Crippen LogP contribution is -2.45. The standard InChI is InChI=1S/C17H25N3O2.HI/c1-3-18-16(20-10-17(2)11-21-12-17)19-9-14-8-13-6-4-5-7-15(13)22-14;/h4-7,14H,3,8-12H2,1-2H3,(H2,18,19,20);1H. The highest BCUT2D eigenvalue weighted by molar-refractivity contribution is 14.0. The van der Waals surface area contributed by atoms with Crippen molar-refractivity contribution in [3.05, 3.63) is 29.8 Å². The number of nitrogens with one attached hydrogen (secondary N) is 2. The van der Waals surface area contributed by atoms with Crippen LogP contribution < -0.4 is 15.4 Å². The monoisotopic (exact) mass is 431 g/mol. The summed E-state index contributed by atoms with van der Waals surface area (Å²) < 4.78 is 11.2. The molecule has 6 heteroatoms. The summed E-state index contributed by atoms with van der Waals surface area (Å²) in [4.78, 5) is 4.68. The third-order valence-corrected chi connectivity index (χ3v) is 4.08. The van der Waals surface area contributed by atoms with Crippen LogP contribution in [0.3, 0.4) is 0 Å². The SMILES string of the molecule is CCNC(=NCC1(C)COC1)NCC1Cc2ccccc2O1.I. The van der Waals surface area contributed by atoms with Crippen LogP contribution in [0.5, 0.6) is 5.75 Å². The number of rotatable bonds is 5. The molecule has 1 atom stereocenters. The van der Waals surface area contributed by atoms with E-state index in [0.717, 1.165) is 51.0 Å². The van der Waals surface area contributed by atoms with Gasteiger partial charge in [0.15, 0.2) is 5.96 Å². The summed E-state index contributed by atoms with van der Waals surface area (Å²) in [7, 11) is 0. The minimum Gasteiger partial charge on any atom is -0.488 e.